The molecule has 0 unspecified atom stereocenters. The standard InChI is InChI=1S/C14H12ClFN2O/c1-8-2-4-10(7-12(8)16)19-13-6-9(15)3-5-11(13)14(17)18/h2-7H,1H3,(H3,17,18). The number of hydrogen-bond acceptors (Lipinski definition) is 2. The SMILES string of the molecule is Cc1ccc(Oc2cc(Cl)ccc2C(=N)N)cc1F. The topological polar surface area (TPSA) is 59.1 Å². The van der Waals surface area contributed by atoms with Crippen molar-refractivity contribution in [2.45, 2.75) is 6.92 Å². The molecule has 0 aliphatic carbocycles. The highest BCUT2D eigenvalue weighted by molar-refractivity contribution is 6.30. The molecule has 2 aromatic carbocycles. The van der Waals surface area contributed by atoms with Crippen LogP contribution in [0.1, 0.15) is 11.1 Å². The van der Waals surface area contributed by atoms with E-state index in [0.717, 1.165) is 0 Å². The smallest absolute Gasteiger partial charge is 0.139 e. The summed E-state index contributed by atoms with van der Waals surface area (Å²) in [6.07, 6.45) is 0. The van der Waals surface area contributed by atoms with Gasteiger partial charge in [0.2, 0.25) is 0 Å². The number of rotatable bonds is 3. The third-order valence-electron chi connectivity index (χ3n) is 2.60. The second kappa shape index (κ2) is 5.28. The largest absolute Gasteiger partial charge is 0.456 e. The van der Waals surface area contributed by atoms with E-state index in [4.69, 9.17) is 27.5 Å². The molecule has 0 atom stereocenters. The summed E-state index contributed by atoms with van der Waals surface area (Å²) in [5.41, 5.74) is 6.40. The van der Waals surface area contributed by atoms with Crippen LogP contribution in [0.15, 0.2) is 36.4 Å². The molecule has 2 rings (SSSR count). The average Bonchev–Trinajstić information content (AvgIpc) is 2.33. The second-order valence-electron chi connectivity index (χ2n) is 4.07. The average molecular weight is 279 g/mol. The maximum atomic E-state index is 13.4. The summed E-state index contributed by atoms with van der Waals surface area (Å²) < 4.78 is 19.0. The van der Waals surface area contributed by atoms with Crippen molar-refractivity contribution in [1.29, 1.82) is 5.41 Å². The molecule has 3 nitrogen and oxygen atoms in total. The van der Waals surface area contributed by atoms with E-state index in [1.807, 2.05) is 0 Å². The number of amidine groups is 1. The third-order valence-corrected chi connectivity index (χ3v) is 2.84. The Morgan fingerprint density at radius 1 is 1.26 bits per heavy atom. The van der Waals surface area contributed by atoms with Gasteiger partial charge in [-0.1, -0.05) is 17.7 Å². The Hall–Kier alpha value is -2.07. The first-order valence-corrected chi connectivity index (χ1v) is 5.93. The summed E-state index contributed by atoms with van der Waals surface area (Å²) in [5.74, 6) is 0.152. The number of nitrogens with two attached hydrogens (primary N) is 1. The van der Waals surface area contributed by atoms with E-state index in [2.05, 4.69) is 0 Å². The highest BCUT2D eigenvalue weighted by atomic mass is 35.5. The van der Waals surface area contributed by atoms with Gasteiger partial charge in [0, 0.05) is 17.2 Å². The van der Waals surface area contributed by atoms with E-state index in [9.17, 15) is 4.39 Å². The number of ether oxygens (including phenoxy) is 1. The first-order valence-electron chi connectivity index (χ1n) is 5.55. The Morgan fingerprint density at radius 3 is 2.63 bits per heavy atom. The number of hydrogen-bond donors (Lipinski definition) is 2. The quantitative estimate of drug-likeness (QED) is 0.661. The summed E-state index contributed by atoms with van der Waals surface area (Å²) in [5, 5.41) is 7.92. The predicted molar refractivity (Wildman–Crippen MR) is 73.7 cm³/mol. The zero-order valence-electron chi connectivity index (χ0n) is 10.2. The molecule has 5 heteroatoms. The van der Waals surface area contributed by atoms with Crippen LogP contribution >= 0.6 is 11.6 Å². The zero-order chi connectivity index (χ0) is 14.0. The fraction of sp³-hybridized carbons (Fsp3) is 0.0714. The number of aryl methyl sites for hydroxylation is 1. The fourth-order valence-corrected chi connectivity index (χ4v) is 1.73. The van der Waals surface area contributed by atoms with E-state index in [1.165, 1.54) is 12.1 Å². The van der Waals surface area contributed by atoms with E-state index < -0.39 is 0 Å². The monoisotopic (exact) mass is 278 g/mol. The summed E-state index contributed by atoms with van der Waals surface area (Å²) in [6, 6.07) is 9.27. The van der Waals surface area contributed by atoms with Crippen molar-refractivity contribution >= 4 is 17.4 Å². The lowest BCUT2D eigenvalue weighted by molar-refractivity contribution is 0.475. The molecule has 98 valence electrons. The van der Waals surface area contributed by atoms with Gasteiger partial charge in [0.1, 0.15) is 23.2 Å². The summed E-state index contributed by atoms with van der Waals surface area (Å²) in [7, 11) is 0. The van der Waals surface area contributed by atoms with Crippen molar-refractivity contribution in [1.82, 2.24) is 0 Å². The molecule has 2 aromatic rings. The highest BCUT2D eigenvalue weighted by Crippen LogP contribution is 2.29. The van der Waals surface area contributed by atoms with Crippen molar-refractivity contribution in [3.8, 4) is 11.5 Å². The molecular formula is C14H12ClFN2O. The van der Waals surface area contributed by atoms with Crippen molar-refractivity contribution in [3.63, 3.8) is 0 Å². The lowest BCUT2D eigenvalue weighted by Gasteiger charge is -2.11. The maximum Gasteiger partial charge on any atom is 0.139 e. The van der Waals surface area contributed by atoms with Gasteiger partial charge in [0.25, 0.3) is 0 Å². The van der Waals surface area contributed by atoms with Crippen LogP contribution in [0.3, 0.4) is 0 Å². The number of halogens is 2. The highest BCUT2D eigenvalue weighted by Gasteiger charge is 2.09. The van der Waals surface area contributed by atoms with Crippen LogP contribution in [-0.4, -0.2) is 5.84 Å². The molecule has 0 aliphatic heterocycles. The van der Waals surface area contributed by atoms with Gasteiger partial charge < -0.3 is 10.5 Å². The van der Waals surface area contributed by atoms with Gasteiger partial charge in [-0.25, -0.2) is 4.39 Å². The van der Waals surface area contributed by atoms with Crippen molar-refractivity contribution in [3.05, 3.63) is 58.4 Å². The van der Waals surface area contributed by atoms with E-state index in [1.54, 1.807) is 31.2 Å². The molecule has 0 amide bonds. The van der Waals surface area contributed by atoms with Crippen molar-refractivity contribution in [2.75, 3.05) is 0 Å². The molecule has 0 fully saturated rings. The van der Waals surface area contributed by atoms with E-state index in [-0.39, 0.29) is 11.7 Å². The number of benzene rings is 2. The lowest BCUT2D eigenvalue weighted by atomic mass is 10.2. The minimum Gasteiger partial charge on any atom is -0.456 e. The molecular weight excluding hydrogens is 267 g/mol. The van der Waals surface area contributed by atoms with Crippen LogP contribution in [0.5, 0.6) is 11.5 Å². The van der Waals surface area contributed by atoms with Gasteiger partial charge in [-0.2, -0.15) is 0 Å². The minimum atomic E-state index is -0.357. The Labute approximate surface area is 115 Å². The van der Waals surface area contributed by atoms with E-state index in [0.29, 0.717) is 27.6 Å². The Balaban J connectivity index is 2.39. The molecule has 0 aromatic heterocycles. The van der Waals surface area contributed by atoms with Crippen LogP contribution in [-0.2, 0) is 0 Å². The first kappa shape index (κ1) is 13.4. The Kier molecular flexibility index (Phi) is 3.71. The predicted octanol–water partition coefficient (Wildman–Crippen LogP) is 3.86. The zero-order valence-corrected chi connectivity index (χ0v) is 11.0. The normalized spacial score (nSPS) is 10.3. The van der Waals surface area contributed by atoms with Gasteiger partial charge in [-0.15, -0.1) is 0 Å². The lowest BCUT2D eigenvalue weighted by Crippen LogP contribution is -2.12. The van der Waals surface area contributed by atoms with Crippen molar-refractivity contribution in [2.24, 2.45) is 5.73 Å². The first-order chi connectivity index (χ1) is 8.97. The molecule has 0 spiro atoms. The van der Waals surface area contributed by atoms with Gasteiger partial charge >= 0.3 is 0 Å². The second-order valence-corrected chi connectivity index (χ2v) is 4.50. The third kappa shape index (κ3) is 3.03. The summed E-state index contributed by atoms with van der Waals surface area (Å²) in [6.45, 7) is 1.67. The minimum absolute atomic E-state index is 0.140. The summed E-state index contributed by atoms with van der Waals surface area (Å²) >= 11 is 5.88. The molecule has 3 N–H and O–H groups in total. The van der Waals surface area contributed by atoms with Crippen LogP contribution in [0.25, 0.3) is 0 Å². The van der Waals surface area contributed by atoms with Crippen LogP contribution in [0.2, 0.25) is 5.02 Å². The Morgan fingerprint density at radius 2 is 2.00 bits per heavy atom. The molecule has 19 heavy (non-hydrogen) atoms. The summed E-state index contributed by atoms with van der Waals surface area (Å²) in [4.78, 5) is 0. The van der Waals surface area contributed by atoms with Gasteiger partial charge in [0.15, 0.2) is 0 Å². The van der Waals surface area contributed by atoms with Crippen LogP contribution in [0, 0.1) is 18.2 Å². The molecule has 0 aliphatic rings. The Bertz CT molecular complexity index is 643. The molecule has 0 radical (unpaired) electrons. The molecule has 0 saturated carbocycles. The molecule has 0 bridgehead atoms. The van der Waals surface area contributed by atoms with Gasteiger partial charge in [0.05, 0.1) is 5.56 Å². The fourth-order valence-electron chi connectivity index (χ4n) is 1.57. The van der Waals surface area contributed by atoms with Gasteiger partial charge in [-0.05, 0) is 30.7 Å². The van der Waals surface area contributed by atoms with E-state index >= 15 is 0 Å². The number of nitrogen functional groups attached to an aromatic ring is 1. The van der Waals surface area contributed by atoms with Crippen LogP contribution in [0.4, 0.5) is 4.39 Å². The molecule has 0 saturated heterocycles. The maximum absolute atomic E-state index is 13.4. The molecule has 0 heterocycles. The van der Waals surface area contributed by atoms with Crippen LogP contribution < -0.4 is 10.5 Å². The van der Waals surface area contributed by atoms with Crippen molar-refractivity contribution < 1.29 is 9.13 Å². The van der Waals surface area contributed by atoms with Gasteiger partial charge in [-0.3, -0.25) is 5.41 Å². The number of nitrogens with one attached hydrogen (secondary N) is 1.